The summed E-state index contributed by atoms with van der Waals surface area (Å²) in [4.78, 5) is 52.2. The van der Waals surface area contributed by atoms with Crippen molar-refractivity contribution in [2.24, 2.45) is 5.10 Å². The summed E-state index contributed by atoms with van der Waals surface area (Å²) in [5.74, 6) is -1.88. The molecule has 3 saturated heterocycles. The van der Waals surface area contributed by atoms with E-state index in [9.17, 15) is 24.3 Å². The molecular weight excluding hydrogens is 482 g/mol. The van der Waals surface area contributed by atoms with Gasteiger partial charge in [0.05, 0.1) is 25.2 Å². The van der Waals surface area contributed by atoms with Gasteiger partial charge in [-0.3, -0.25) is 14.5 Å². The Morgan fingerprint density at radius 1 is 1.14 bits per heavy atom. The Balaban J connectivity index is 1.30. The first-order valence-electron chi connectivity index (χ1n) is 11.5. The number of amides is 4. The van der Waals surface area contributed by atoms with Crippen molar-refractivity contribution in [3.8, 4) is 0 Å². The maximum atomic E-state index is 13.3. The Labute approximate surface area is 211 Å². The lowest BCUT2D eigenvalue weighted by Crippen LogP contribution is -2.67. The van der Waals surface area contributed by atoms with Crippen molar-refractivity contribution in [1.82, 2.24) is 20.1 Å². The number of rotatable bonds is 7. The number of urea groups is 1. The number of hydrogen-bond acceptors (Lipinski definition) is 6. The molecule has 0 aromatic heterocycles. The van der Waals surface area contributed by atoms with Crippen LogP contribution in [0.1, 0.15) is 18.1 Å². The van der Waals surface area contributed by atoms with Crippen LogP contribution < -0.4 is 5.32 Å². The van der Waals surface area contributed by atoms with Crippen LogP contribution in [0.2, 0.25) is 0 Å². The molecule has 2 aromatic rings. The van der Waals surface area contributed by atoms with Crippen LogP contribution in [0.4, 0.5) is 4.79 Å². The van der Waals surface area contributed by atoms with Gasteiger partial charge in [-0.25, -0.2) is 14.6 Å². The highest BCUT2D eigenvalue weighted by Gasteiger charge is 2.66. The predicted molar refractivity (Wildman–Crippen MR) is 133 cm³/mol. The van der Waals surface area contributed by atoms with Crippen molar-refractivity contribution in [3.05, 3.63) is 71.8 Å². The van der Waals surface area contributed by atoms with Gasteiger partial charge in [-0.1, -0.05) is 72.4 Å². The summed E-state index contributed by atoms with van der Waals surface area (Å²) in [6, 6.07) is 16.7. The molecule has 0 unspecified atom stereocenters. The summed E-state index contributed by atoms with van der Waals surface area (Å²) in [5, 5.41) is 18.0. The van der Waals surface area contributed by atoms with Gasteiger partial charge in [0, 0.05) is 6.54 Å². The van der Waals surface area contributed by atoms with Gasteiger partial charge in [-0.2, -0.15) is 5.10 Å². The zero-order chi connectivity index (χ0) is 25.4. The van der Waals surface area contributed by atoms with E-state index in [-0.39, 0.29) is 37.4 Å². The number of β-lactam (4-membered cyclic amide) rings is 1. The van der Waals surface area contributed by atoms with Crippen LogP contribution in [0.3, 0.4) is 0 Å². The maximum absolute atomic E-state index is 13.3. The van der Waals surface area contributed by atoms with E-state index in [2.05, 4.69) is 10.4 Å². The third-order valence-corrected chi connectivity index (χ3v) is 8.24. The first-order chi connectivity index (χ1) is 17.3. The number of hydrazone groups is 1. The highest BCUT2D eigenvalue weighted by molar-refractivity contribution is 8.02. The molecule has 0 radical (unpaired) electrons. The van der Waals surface area contributed by atoms with Gasteiger partial charge in [0.2, 0.25) is 16.7 Å². The molecule has 0 aliphatic carbocycles. The van der Waals surface area contributed by atoms with Crippen LogP contribution in [0.15, 0.2) is 65.8 Å². The van der Waals surface area contributed by atoms with Crippen LogP contribution in [-0.2, 0) is 20.8 Å². The van der Waals surface area contributed by atoms with Crippen LogP contribution in [0.5, 0.6) is 0 Å². The third kappa shape index (κ3) is 4.09. The molecule has 0 bridgehead atoms. The van der Waals surface area contributed by atoms with Crippen molar-refractivity contribution in [3.63, 3.8) is 0 Å². The molecule has 0 spiro atoms. The summed E-state index contributed by atoms with van der Waals surface area (Å²) >= 11 is 1.01. The number of aliphatic carboxylic acids is 1. The molecule has 3 fully saturated rings. The van der Waals surface area contributed by atoms with E-state index >= 15 is 0 Å². The van der Waals surface area contributed by atoms with Crippen LogP contribution in [0, 0.1) is 0 Å². The second-order valence-electron chi connectivity index (χ2n) is 9.01. The molecule has 36 heavy (non-hydrogen) atoms. The van der Waals surface area contributed by atoms with Gasteiger partial charge in [0.25, 0.3) is 0 Å². The number of carbonyl (C=O) groups is 4. The van der Waals surface area contributed by atoms with Crippen molar-refractivity contribution < 1.29 is 24.3 Å². The highest BCUT2D eigenvalue weighted by Crippen LogP contribution is 2.50. The molecule has 3 aliphatic rings. The lowest BCUT2D eigenvalue weighted by Gasteiger charge is -2.41. The van der Waals surface area contributed by atoms with Crippen molar-refractivity contribution in [2.45, 2.75) is 35.7 Å². The quantitative estimate of drug-likeness (QED) is 0.433. The van der Waals surface area contributed by atoms with E-state index in [0.717, 1.165) is 22.9 Å². The summed E-state index contributed by atoms with van der Waals surface area (Å²) in [6.45, 7) is 1.78. The van der Waals surface area contributed by atoms with Gasteiger partial charge >= 0.3 is 12.0 Å². The summed E-state index contributed by atoms with van der Waals surface area (Å²) in [7, 11) is 0. The fraction of sp³-hybridized carbons (Fsp3) is 0.320. The Bertz CT molecular complexity index is 1230. The monoisotopic (exact) mass is 507 g/mol. The molecule has 11 heteroatoms. The van der Waals surface area contributed by atoms with E-state index in [1.54, 1.807) is 13.1 Å². The number of nitrogens with one attached hydrogen (secondary N) is 1. The van der Waals surface area contributed by atoms with E-state index in [1.165, 1.54) is 14.8 Å². The second kappa shape index (κ2) is 9.30. The Morgan fingerprint density at radius 2 is 1.81 bits per heavy atom. The minimum absolute atomic E-state index is 0.114. The number of hydrogen-bond donors (Lipinski definition) is 2. The van der Waals surface area contributed by atoms with E-state index in [1.807, 2.05) is 60.7 Å². The molecule has 4 amide bonds. The minimum Gasteiger partial charge on any atom is -0.479 e. The van der Waals surface area contributed by atoms with E-state index < -0.39 is 28.3 Å². The van der Waals surface area contributed by atoms with Gasteiger partial charge in [-0.05, 0) is 18.1 Å². The summed E-state index contributed by atoms with van der Waals surface area (Å²) < 4.78 is 0. The lowest BCUT2D eigenvalue weighted by atomic mass is 10.0. The number of carboxylic acids is 1. The number of carboxylic acid groups (broad SMARTS) is 1. The van der Waals surface area contributed by atoms with Gasteiger partial charge in [0.1, 0.15) is 11.4 Å². The first-order valence-corrected chi connectivity index (χ1v) is 12.4. The normalized spacial score (nSPS) is 27.4. The van der Waals surface area contributed by atoms with Gasteiger partial charge < -0.3 is 15.3 Å². The molecule has 4 atom stereocenters. The molecule has 2 N–H and O–H groups in total. The number of carbonyl (C=O) groups excluding carboxylic acids is 3. The predicted octanol–water partition coefficient (Wildman–Crippen LogP) is 1.57. The molecule has 186 valence electrons. The van der Waals surface area contributed by atoms with Crippen molar-refractivity contribution in [1.29, 1.82) is 0 Å². The number of nitrogens with zero attached hydrogens (tertiary/aromatic N) is 4. The standard InChI is InChI=1S/C25H25N5O5S/c1-16-14-29(24(35)30(16)26-13-18-10-6-3-7-11-18)25(23(33)34)15-28-21(32)20(22(28)36-25)27-19(31)12-17-8-4-2-5-9-17/h2-11,13,16,20,22H,12,14-15H2,1H3,(H,27,31)(H,33,34)/b26-13+/t16-,20+,22+,25+/m0/s1. The number of thioether (sulfide) groups is 1. The van der Waals surface area contributed by atoms with Crippen LogP contribution in [-0.4, -0.2) is 85.4 Å². The van der Waals surface area contributed by atoms with E-state index in [0.29, 0.717) is 0 Å². The zero-order valence-corrected chi connectivity index (χ0v) is 20.3. The average molecular weight is 508 g/mol. The Kier molecular flexibility index (Phi) is 6.17. The minimum atomic E-state index is -1.67. The average Bonchev–Trinajstić information content (AvgIpc) is 3.38. The Hall–Kier alpha value is -3.86. The van der Waals surface area contributed by atoms with Crippen LogP contribution >= 0.6 is 11.8 Å². The topological polar surface area (TPSA) is 123 Å². The smallest absolute Gasteiger partial charge is 0.342 e. The molecule has 2 aromatic carbocycles. The molecule has 3 aliphatic heterocycles. The number of benzene rings is 2. The fourth-order valence-electron chi connectivity index (χ4n) is 4.68. The zero-order valence-electron chi connectivity index (χ0n) is 19.5. The summed E-state index contributed by atoms with van der Waals surface area (Å²) in [6.07, 6.45) is 1.67. The lowest BCUT2D eigenvalue weighted by molar-refractivity contribution is -0.151. The SMILES string of the molecule is C[C@H]1CN([C@]2(C(=O)O)CN3C(=O)[C@@H](NC(=O)Cc4ccccc4)[C@H]3S2)C(=O)N1/N=C/c1ccccc1. The molecule has 0 saturated carbocycles. The molecule has 3 heterocycles. The Morgan fingerprint density at radius 3 is 2.47 bits per heavy atom. The first kappa shape index (κ1) is 23.9. The highest BCUT2D eigenvalue weighted by atomic mass is 32.2. The van der Waals surface area contributed by atoms with Crippen LogP contribution in [0.25, 0.3) is 0 Å². The van der Waals surface area contributed by atoms with Gasteiger partial charge in [-0.15, -0.1) is 0 Å². The third-order valence-electron chi connectivity index (χ3n) is 6.56. The molecule has 10 nitrogen and oxygen atoms in total. The molecular formula is C25H25N5O5S. The van der Waals surface area contributed by atoms with E-state index in [4.69, 9.17) is 0 Å². The number of fused-ring (bicyclic) bond motifs is 1. The molecule has 5 rings (SSSR count). The van der Waals surface area contributed by atoms with Gasteiger partial charge in [0.15, 0.2) is 0 Å². The van der Waals surface area contributed by atoms with Crippen molar-refractivity contribution in [2.75, 3.05) is 13.1 Å². The maximum Gasteiger partial charge on any atom is 0.342 e. The summed E-state index contributed by atoms with van der Waals surface area (Å²) in [5.41, 5.74) is 1.62. The largest absolute Gasteiger partial charge is 0.479 e. The fourth-order valence-corrected chi connectivity index (χ4v) is 6.30. The van der Waals surface area contributed by atoms with Crippen molar-refractivity contribution >= 4 is 41.8 Å². The second-order valence-corrected chi connectivity index (χ2v) is 10.4.